The molecule has 1 aliphatic heterocycles. The van der Waals surface area contributed by atoms with E-state index in [1.807, 2.05) is 0 Å². The van der Waals surface area contributed by atoms with Gasteiger partial charge < -0.3 is 5.32 Å². The molecule has 3 unspecified atom stereocenters. The van der Waals surface area contributed by atoms with E-state index in [1.165, 1.54) is 18.5 Å². The monoisotopic (exact) mass is 275 g/mol. The lowest BCUT2D eigenvalue weighted by molar-refractivity contribution is 0.0980. The standard InChI is InChI=1S/C17H29N3/c1-5-13(3)17-12-20(16(6-2)10-18-17)11-15-9-7-8-14(4)19-15/h7-9,13,16-18H,5-6,10-12H2,1-4H3. The predicted octanol–water partition coefficient (Wildman–Crippen LogP) is 2.99. The van der Waals surface area contributed by atoms with Crippen LogP contribution < -0.4 is 5.32 Å². The summed E-state index contributed by atoms with van der Waals surface area (Å²) >= 11 is 0. The maximum absolute atomic E-state index is 4.66. The number of hydrogen-bond donors (Lipinski definition) is 1. The fraction of sp³-hybridized carbons (Fsp3) is 0.706. The van der Waals surface area contributed by atoms with Gasteiger partial charge in [0.15, 0.2) is 0 Å². The average Bonchev–Trinajstić information content (AvgIpc) is 2.46. The molecule has 112 valence electrons. The number of aromatic nitrogens is 1. The van der Waals surface area contributed by atoms with Gasteiger partial charge in [0.2, 0.25) is 0 Å². The van der Waals surface area contributed by atoms with Crippen molar-refractivity contribution in [3.05, 3.63) is 29.6 Å². The fourth-order valence-electron chi connectivity index (χ4n) is 3.04. The van der Waals surface area contributed by atoms with Crippen molar-refractivity contribution < 1.29 is 0 Å². The van der Waals surface area contributed by atoms with Crippen molar-refractivity contribution in [2.45, 2.75) is 59.2 Å². The van der Waals surface area contributed by atoms with Crippen LogP contribution >= 0.6 is 0 Å². The number of pyridine rings is 1. The molecule has 2 heterocycles. The molecule has 0 spiro atoms. The van der Waals surface area contributed by atoms with E-state index in [4.69, 9.17) is 0 Å². The van der Waals surface area contributed by atoms with Gasteiger partial charge in [0, 0.05) is 37.4 Å². The van der Waals surface area contributed by atoms with E-state index in [1.54, 1.807) is 0 Å². The number of piperazine rings is 1. The fourth-order valence-corrected chi connectivity index (χ4v) is 3.04. The number of rotatable bonds is 5. The first-order valence-corrected chi connectivity index (χ1v) is 8.04. The molecule has 0 radical (unpaired) electrons. The van der Waals surface area contributed by atoms with E-state index < -0.39 is 0 Å². The Hall–Kier alpha value is -0.930. The van der Waals surface area contributed by atoms with Crippen molar-refractivity contribution in [3.63, 3.8) is 0 Å². The van der Waals surface area contributed by atoms with Crippen molar-refractivity contribution in [2.75, 3.05) is 13.1 Å². The number of hydrogen-bond acceptors (Lipinski definition) is 3. The van der Waals surface area contributed by atoms with Crippen molar-refractivity contribution in [2.24, 2.45) is 5.92 Å². The second kappa shape index (κ2) is 7.19. The zero-order valence-electron chi connectivity index (χ0n) is 13.4. The van der Waals surface area contributed by atoms with Crippen LogP contribution in [0.15, 0.2) is 18.2 Å². The maximum Gasteiger partial charge on any atom is 0.0547 e. The summed E-state index contributed by atoms with van der Waals surface area (Å²) in [4.78, 5) is 7.28. The van der Waals surface area contributed by atoms with Crippen LogP contribution in [0.3, 0.4) is 0 Å². The predicted molar refractivity (Wildman–Crippen MR) is 84.7 cm³/mol. The summed E-state index contributed by atoms with van der Waals surface area (Å²) < 4.78 is 0. The van der Waals surface area contributed by atoms with Crippen molar-refractivity contribution >= 4 is 0 Å². The molecule has 0 bridgehead atoms. The highest BCUT2D eigenvalue weighted by molar-refractivity contribution is 5.10. The third-order valence-corrected chi connectivity index (χ3v) is 4.68. The molecule has 0 aliphatic carbocycles. The Morgan fingerprint density at radius 3 is 2.85 bits per heavy atom. The van der Waals surface area contributed by atoms with Crippen LogP contribution in [0.2, 0.25) is 0 Å². The lowest BCUT2D eigenvalue weighted by Gasteiger charge is -2.42. The molecule has 3 atom stereocenters. The number of aryl methyl sites for hydroxylation is 1. The Morgan fingerprint density at radius 2 is 2.20 bits per heavy atom. The summed E-state index contributed by atoms with van der Waals surface area (Å²) in [6, 6.07) is 7.60. The Balaban J connectivity index is 2.05. The molecule has 1 fully saturated rings. The molecule has 1 aliphatic rings. The zero-order valence-corrected chi connectivity index (χ0v) is 13.4. The molecular weight excluding hydrogens is 246 g/mol. The van der Waals surface area contributed by atoms with Gasteiger partial charge in [-0.05, 0) is 31.4 Å². The molecule has 1 saturated heterocycles. The first kappa shape index (κ1) is 15.5. The Bertz CT molecular complexity index is 418. The average molecular weight is 275 g/mol. The topological polar surface area (TPSA) is 28.2 Å². The summed E-state index contributed by atoms with van der Waals surface area (Å²) in [5.41, 5.74) is 2.32. The van der Waals surface area contributed by atoms with Crippen LogP contribution in [0.1, 0.15) is 45.0 Å². The highest BCUT2D eigenvalue weighted by atomic mass is 15.2. The lowest BCUT2D eigenvalue weighted by atomic mass is 9.94. The Labute approximate surface area is 123 Å². The first-order chi connectivity index (χ1) is 9.63. The minimum atomic E-state index is 0.618. The van der Waals surface area contributed by atoms with Crippen molar-refractivity contribution in [1.82, 2.24) is 15.2 Å². The molecule has 1 aromatic heterocycles. The second-order valence-electron chi connectivity index (χ2n) is 6.16. The van der Waals surface area contributed by atoms with E-state index in [2.05, 4.69) is 61.1 Å². The second-order valence-corrected chi connectivity index (χ2v) is 6.16. The van der Waals surface area contributed by atoms with E-state index >= 15 is 0 Å². The van der Waals surface area contributed by atoms with Crippen molar-refractivity contribution in [3.8, 4) is 0 Å². The van der Waals surface area contributed by atoms with Crippen LogP contribution in [0.4, 0.5) is 0 Å². The van der Waals surface area contributed by atoms with E-state index in [-0.39, 0.29) is 0 Å². The first-order valence-electron chi connectivity index (χ1n) is 8.04. The van der Waals surface area contributed by atoms with Gasteiger partial charge >= 0.3 is 0 Å². The van der Waals surface area contributed by atoms with Gasteiger partial charge in [0.05, 0.1) is 5.69 Å². The minimum Gasteiger partial charge on any atom is -0.311 e. The molecule has 0 aromatic carbocycles. The SMILES string of the molecule is CCC(C)C1CN(Cc2cccc(C)n2)C(CC)CN1. The third kappa shape index (κ3) is 3.80. The Morgan fingerprint density at radius 1 is 1.40 bits per heavy atom. The molecule has 3 nitrogen and oxygen atoms in total. The van der Waals surface area contributed by atoms with Gasteiger partial charge in [0.1, 0.15) is 0 Å². The maximum atomic E-state index is 4.66. The molecule has 20 heavy (non-hydrogen) atoms. The molecule has 3 heteroatoms. The molecule has 0 saturated carbocycles. The van der Waals surface area contributed by atoms with Gasteiger partial charge in [0.25, 0.3) is 0 Å². The summed E-state index contributed by atoms with van der Waals surface area (Å²) in [7, 11) is 0. The van der Waals surface area contributed by atoms with Crippen LogP contribution in [0, 0.1) is 12.8 Å². The summed E-state index contributed by atoms with van der Waals surface area (Å²) in [5.74, 6) is 0.737. The van der Waals surface area contributed by atoms with Crippen LogP contribution in [0.5, 0.6) is 0 Å². The van der Waals surface area contributed by atoms with E-state index in [9.17, 15) is 0 Å². The smallest absolute Gasteiger partial charge is 0.0547 e. The Kier molecular flexibility index (Phi) is 5.55. The van der Waals surface area contributed by atoms with Gasteiger partial charge in [-0.3, -0.25) is 9.88 Å². The molecular formula is C17H29N3. The van der Waals surface area contributed by atoms with E-state index in [0.29, 0.717) is 12.1 Å². The highest BCUT2D eigenvalue weighted by Crippen LogP contribution is 2.19. The number of nitrogens with zero attached hydrogens (tertiary/aromatic N) is 2. The van der Waals surface area contributed by atoms with Crippen LogP contribution in [-0.2, 0) is 6.54 Å². The van der Waals surface area contributed by atoms with Gasteiger partial charge in [-0.25, -0.2) is 0 Å². The zero-order chi connectivity index (χ0) is 14.5. The van der Waals surface area contributed by atoms with Crippen LogP contribution in [0.25, 0.3) is 0 Å². The molecule has 2 rings (SSSR count). The van der Waals surface area contributed by atoms with E-state index in [0.717, 1.165) is 31.2 Å². The summed E-state index contributed by atoms with van der Waals surface area (Å²) in [5, 5.41) is 3.74. The minimum absolute atomic E-state index is 0.618. The quantitative estimate of drug-likeness (QED) is 0.895. The van der Waals surface area contributed by atoms with Crippen LogP contribution in [-0.4, -0.2) is 35.1 Å². The molecule has 0 amide bonds. The normalized spacial score (nSPS) is 25.6. The summed E-state index contributed by atoms with van der Waals surface area (Å²) in [6.45, 7) is 12.2. The lowest BCUT2D eigenvalue weighted by Crippen LogP contribution is -2.57. The largest absolute Gasteiger partial charge is 0.311 e. The van der Waals surface area contributed by atoms with Gasteiger partial charge in [-0.15, -0.1) is 0 Å². The third-order valence-electron chi connectivity index (χ3n) is 4.68. The molecule has 1 N–H and O–H groups in total. The number of nitrogens with one attached hydrogen (secondary N) is 1. The highest BCUT2D eigenvalue weighted by Gasteiger charge is 2.29. The molecule has 1 aromatic rings. The summed E-state index contributed by atoms with van der Waals surface area (Å²) in [6.07, 6.45) is 2.44. The van der Waals surface area contributed by atoms with Crippen molar-refractivity contribution in [1.29, 1.82) is 0 Å². The van der Waals surface area contributed by atoms with Gasteiger partial charge in [-0.1, -0.05) is 33.3 Å². The van der Waals surface area contributed by atoms with Gasteiger partial charge in [-0.2, -0.15) is 0 Å².